The summed E-state index contributed by atoms with van der Waals surface area (Å²) in [7, 11) is 0. The minimum atomic E-state index is 0. The number of anilines is 1. The second-order valence-corrected chi connectivity index (χ2v) is 3.87. The van der Waals surface area contributed by atoms with E-state index in [0.717, 1.165) is 0 Å². The molecule has 1 aliphatic carbocycles. The molecule has 3 rings (SSSR count). The van der Waals surface area contributed by atoms with Crippen LogP contribution < -0.4 is 5.32 Å². The number of benzene rings is 1. The summed E-state index contributed by atoms with van der Waals surface area (Å²) in [6, 6.07) is 9.31. The minimum absolute atomic E-state index is 0. The van der Waals surface area contributed by atoms with E-state index >= 15 is 0 Å². The zero-order valence-electron chi connectivity index (χ0n) is 8.24. The van der Waals surface area contributed by atoms with Crippen molar-refractivity contribution in [2.45, 2.75) is 24.8 Å². The van der Waals surface area contributed by atoms with Gasteiger partial charge < -0.3 is 5.32 Å². The zero-order chi connectivity index (χ0) is 8.67. The SMILES string of the molecule is C1=CC2c3ccccc3NC2CC1.[PbH2]. The number of allylic oxidation sites excluding steroid dienone is 1. The van der Waals surface area contributed by atoms with Crippen molar-refractivity contribution in [1.82, 2.24) is 0 Å². The molecule has 1 heterocycles. The third kappa shape index (κ3) is 1.51. The topological polar surface area (TPSA) is 12.0 Å². The Hall–Kier alpha value is -0.318. The fourth-order valence-electron chi connectivity index (χ4n) is 2.43. The molecule has 2 unspecified atom stereocenters. The predicted molar refractivity (Wildman–Crippen MR) is 63.5 cm³/mol. The average Bonchev–Trinajstić information content (AvgIpc) is 2.56. The zero-order valence-corrected chi connectivity index (χ0v) is 13.7. The molecule has 0 aromatic heterocycles. The van der Waals surface area contributed by atoms with Gasteiger partial charge in [0.05, 0.1) is 0 Å². The Bertz CT molecular complexity index is 359. The van der Waals surface area contributed by atoms with E-state index in [-0.39, 0.29) is 27.3 Å². The van der Waals surface area contributed by atoms with E-state index < -0.39 is 0 Å². The Balaban J connectivity index is 0.000000750. The number of hydrogen-bond donors (Lipinski definition) is 1. The van der Waals surface area contributed by atoms with Crippen LogP contribution in [-0.4, -0.2) is 33.3 Å². The summed E-state index contributed by atoms with van der Waals surface area (Å²) < 4.78 is 0. The van der Waals surface area contributed by atoms with Crippen LogP contribution in [0.1, 0.15) is 24.3 Å². The molecule has 72 valence electrons. The molecule has 1 aromatic carbocycles. The van der Waals surface area contributed by atoms with E-state index in [0.29, 0.717) is 12.0 Å². The second-order valence-electron chi connectivity index (χ2n) is 3.87. The Morgan fingerprint density at radius 2 is 2.07 bits per heavy atom. The van der Waals surface area contributed by atoms with Crippen molar-refractivity contribution in [1.29, 1.82) is 0 Å². The van der Waals surface area contributed by atoms with Crippen molar-refractivity contribution in [3.05, 3.63) is 42.0 Å². The molecule has 0 bridgehead atoms. The molecule has 2 atom stereocenters. The van der Waals surface area contributed by atoms with Gasteiger partial charge in [0.2, 0.25) is 0 Å². The van der Waals surface area contributed by atoms with E-state index in [1.807, 2.05) is 0 Å². The quantitative estimate of drug-likeness (QED) is 0.536. The molecular weight excluding hydrogens is 365 g/mol. The van der Waals surface area contributed by atoms with Crippen LogP contribution in [0.3, 0.4) is 0 Å². The first kappa shape index (κ1) is 10.2. The van der Waals surface area contributed by atoms with E-state index in [1.165, 1.54) is 24.1 Å². The molecule has 1 aliphatic heterocycles. The van der Waals surface area contributed by atoms with Crippen LogP contribution in [0.2, 0.25) is 0 Å². The van der Waals surface area contributed by atoms with Crippen LogP contribution in [0, 0.1) is 0 Å². The first-order chi connectivity index (χ1) is 6.45. The Morgan fingerprint density at radius 3 is 3.00 bits per heavy atom. The molecule has 0 saturated heterocycles. The molecule has 14 heavy (non-hydrogen) atoms. The normalized spacial score (nSPS) is 27.1. The molecule has 1 N–H and O–H groups in total. The number of para-hydroxylation sites is 1. The van der Waals surface area contributed by atoms with E-state index in [1.54, 1.807) is 0 Å². The van der Waals surface area contributed by atoms with Gasteiger partial charge in [-0.15, -0.1) is 0 Å². The van der Waals surface area contributed by atoms with Crippen LogP contribution >= 0.6 is 0 Å². The Labute approximate surface area is 105 Å². The first-order valence-electron chi connectivity index (χ1n) is 4.97. The van der Waals surface area contributed by atoms with E-state index in [4.69, 9.17) is 0 Å². The predicted octanol–water partition coefficient (Wildman–Crippen LogP) is 2.00. The molecule has 0 amide bonds. The first-order valence-corrected chi connectivity index (χ1v) is 4.97. The van der Waals surface area contributed by atoms with Gasteiger partial charge in [-0.25, -0.2) is 0 Å². The summed E-state index contributed by atoms with van der Waals surface area (Å²) in [5.41, 5.74) is 2.81. The molecule has 2 radical (unpaired) electrons. The molecule has 2 heteroatoms. The van der Waals surface area contributed by atoms with Crippen LogP contribution in [0.25, 0.3) is 0 Å². The van der Waals surface area contributed by atoms with Crippen molar-refractivity contribution in [3.8, 4) is 0 Å². The van der Waals surface area contributed by atoms with Crippen molar-refractivity contribution in [3.63, 3.8) is 0 Å². The van der Waals surface area contributed by atoms with Crippen LogP contribution in [0.4, 0.5) is 5.69 Å². The monoisotopic (exact) mass is 381 g/mol. The number of fused-ring (bicyclic) bond motifs is 3. The summed E-state index contributed by atoms with van der Waals surface area (Å²) in [6.45, 7) is 0. The molecule has 2 aliphatic rings. The van der Waals surface area contributed by atoms with Gasteiger partial charge in [-0.05, 0) is 24.5 Å². The summed E-state index contributed by atoms with van der Waals surface area (Å²) in [5.74, 6) is 0.630. The maximum atomic E-state index is 3.59. The van der Waals surface area contributed by atoms with Gasteiger partial charge in [-0.2, -0.15) is 0 Å². The van der Waals surface area contributed by atoms with Crippen molar-refractivity contribution in [2.24, 2.45) is 0 Å². The second kappa shape index (κ2) is 4.05. The fourth-order valence-corrected chi connectivity index (χ4v) is 2.43. The molecule has 1 nitrogen and oxygen atoms in total. The molecule has 0 saturated carbocycles. The van der Waals surface area contributed by atoms with Gasteiger partial charge in [0, 0.05) is 17.6 Å². The maximum absolute atomic E-state index is 3.59. The third-order valence-electron chi connectivity index (χ3n) is 3.08. The van der Waals surface area contributed by atoms with Crippen LogP contribution in [-0.2, 0) is 0 Å². The van der Waals surface area contributed by atoms with Gasteiger partial charge >= 0.3 is 27.3 Å². The molecular formula is C12H15NPb. The summed E-state index contributed by atoms with van der Waals surface area (Å²) in [6.07, 6.45) is 7.16. The van der Waals surface area contributed by atoms with Gasteiger partial charge in [-0.3, -0.25) is 0 Å². The fraction of sp³-hybridized carbons (Fsp3) is 0.333. The number of rotatable bonds is 0. The Kier molecular flexibility index (Phi) is 2.95. The standard InChI is InChI=1S/C12H13N.Pb.2H/c1-3-7-11-9(5-1)10-6-2-4-8-12(10)13-11;;;/h1-3,5-7,10,12-13H,4,8H2;;;. The number of nitrogens with one attached hydrogen (secondary N) is 1. The van der Waals surface area contributed by atoms with Gasteiger partial charge in [0.25, 0.3) is 0 Å². The Morgan fingerprint density at radius 1 is 1.21 bits per heavy atom. The third-order valence-corrected chi connectivity index (χ3v) is 3.08. The van der Waals surface area contributed by atoms with E-state index in [2.05, 4.69) is 41.7 Å². The summed E-state index contributed by atoms with van der Waals surface area (Å²) >= 11 is 0. The van der Waals surface area contributed by atoms with Gasteiger partial charge in [-0.1, -0.05) is 30.4 Å². The van der Waals surface area contributed by atoms with Crippen LogP contribution in [0.15, 0.2) is 36.4 Å². The summed E-state index contributed by atoms with van der Waals surface area (Å²) in [5, 5.41) is 3.59. The van der Waals surface area contributed by atoms with Gasteiger partial charge in [0.1, 0.15) is 0 Å². The average molecular weight is 380 g/mol. The van der Waals surface area contributed by atoms with E-state index in [9.17, 15) is 0 Å². The van der Waals surface area contributed by atoms with Crippen molar-refractivity contribution >= 4 is 33.0 Å². The summed E-state index contributed by atoms with van der Waals surface area (Å²) in [4.78, 5) is 0. The van der Waals surface area contributed by atoms with Crippen molar-refractivity contribution < 1.29 is 0 Å². The number of hydrogen-bond acceptors (Lipinski definition) is 1. The molecule has 0 fully saturated rings. The van der Waals surface area contributed by atoms with Gasteiger partial charge in [0.15, 0.2) is 0 Å². The molecule has 0 spiro atoms. The van der Waals surface area contributed by atoms with Crippen molar-refractivity contribution in [2.75, 3.05) is 5.32 Å². The van der Waals surface area contributed by atoms with Crippen LogP contribution in [0.5, 0.6) is 0 Å². The molecule has 1 aromatic rings.